The SMILES string of the molecule is C=C(Br)CNC(=NC)N1CC=C(c2cccc(OC)c2)CC1.I. The van der Waals surface area contributed by atoms with E-state index in [1.54, 1.807) is 14.2 Å². The molecule has 23 heavy (non-hydrogen) atoms. The molecule has 6 heteroatoms. The van der Waals surface area contributed by atoms with E-state index in [4.69, 9.17) is 4.74 Å². The van der Waals surface area contributed by atoms with E-state index < -0.39 is 0 Å². The molecule has 0 unspecified atom stereocenters. The lowest BCUT2D eigenvalue weighted by Gasteiger charge is -2.29. The summed E-state index contributed by atoms with van der Waals surface area (Å²) in [6.45, 7) is 6.30. The second kappa shape index (κ2) is 9.97. The first kappa shape index (κ1) is 20.0. The highest BCUT2D eigenvalue weighted by Gasteiger charge is 2.16. The number of guanidine groups is 1. The number of benzene rings is 1. The van der Waals surface area contributed by atoms with Crippen LogP contribution in [0.3, 0.4) is 0 Å². The molecule has 4 nitrogen and oxygen atoms in total. The van der Waals surface area contributed by atoms with E-state index in [9.17, 15) is 0 Å². The zero-order valence-electron chi connectivity index (χ0n) is 13.5. The van der Waals surface area contributed by atoms with Gasteiger partial charge in [-0.1, -0.05) is 40.7 Å². The maximum absolute atomic E-state index is 5.30. The molecule has 1 aliphatic rings. The minimum Gasteiger partial charge on any atom is -0.497 e. The van der Waals surface area contributed by atoms with E-state index in [0.29, 0.717) is 6.54 Å². The largest absolute Gasteiger partial charge is 0.497 e. The van der Waals surface area contributed by atoms with Crippen LogP contribution >= 0.6 is 39.9 Å². The molecule has 0 saturated heterocycles. The molecule has 0 amide bonds. The Kier molecular flexibility index (Phi) is 8.68. The lowest BCUT2D eigenvalue weighted by Crippen LogP contribution is -2.43. The Morgan fingerprint density at radius 3 is 2.83 bits per heavy atom. The number of methoxy groups -OCH3 is 1. The van der Waals surface area contributed by atoms with Crippen LogP contribution in [0.5, 0.6) is 5.75 Å². The lowest BCUT2D eigenvalue weighted by molar-refractivity contribution is 0.414. The molecule has 1 N–H and O–H groups in total. The highest BCUT2D eigenvalue weighted by Crippen LogP contribution is 2.25. The molecule has 1 aromatic carbocycles. The summed E-state index contributed by atoms with van der Waals surface area (Å²) in [6.07, 6.45) is 3.25. The molecule has 0 radical (unpaired) electrons. The normalized spacial score (nSPS) is 14.7. The van der Waals surface area contributed by atoms with Crippen molar-refractivity contribution < 1.29 is 4.74 Å². The van der Waals surface area contributed by atoms with Gasteiger partial charge in [0.1, 0.15) is 5.75 Å². The van der Waals surface area contributed by atoms with Crippen molar-refractivity contribution in [3.8, 4) is 5.75 Å². The number of nitrogens with one attached hydrogen (secondary N) is 1. The molecule has 0 atom stereocenters. The molecule has 1 aliphatic heterocycles. The van der Waals surface area contributed by atoms with Gasteiger partial charge in [-0.05, 0) is 29.7 Å². The third-order valence-corrected chi connectivity index (χ3v) is 3.88. The number of halogens is 2. The fourth-order valence-electron chi connectivity index (χ4n) is 2.45. The molecule has 0 bridgehead atoms. The molecule has 0 fully saturated rings. The Bertz CT molecular complexity index is 601. The first-order chi connectivity index (χ1) is 10.6. The Balaban J connectivity index is 0.00000264. The monoisotopic (exact) mass is 491 g/mol. The zero-order chi connectivity index (χ0) is 15.9. The Morgan fingerprint density at radius 1 is 1.48 bits per heavy atom. The molecule has 0 saturated carbocycles. The van der Waals surface area contributed by atoms with Crippen molar-refractivity contribution >= 4 is 51.4 Å². The van der Waals surface area contributed by atoms with Gasteiger partial charge in [0.25, 0.3) is 0 Å². The smallest absolute Gasteiger partial charge is 0.194 e. The number of rotatable bonds is 4. The van der Waals surface area contributed by atoms with Crippen LogP contribution < -0.4 is 10.1 Å². The summed E-state index contributed by atoms with van der Waals surface area (Å²) >= 11 is 3.36. The van der Waals surface area contributed by atoms with Gasteiger partial charge in [-0.25, -0.2) is 0 Å². The van der Waals surface area contributed by atoms with Gasteiger partial charge >= 0.3 is 0 Å². The molecule has 126 valence electrons. The fraction of sp³-hybridized carbons (Fsp3) is 0.353. The number of nitrogens with zero attached hydrogens (tertiary/aromatic N) is 2. The van der Waals surface area contributed by atoms with E-state index in [1.807, 2.05) is 12.1 Å². The quantitative estimate of drug-likeness (QED) is 0.394. The van der Waals surface area contributed by atoms with Gasteiger partial charge in [-0.3, -0.25) is 4.99 Å². The maximum atomic E-state index is 5.30. The van der Waals surface area contributed by atoms with Crippen molar-refractivity contribution in [3.63, 3.8) is 0 Å². The summed E-state index contributed by atoms with van der Waals surface area (Å²) in [7, 11) is 3.50. The van der Waals surface area contributed by atoms with Crippen LogP contribution in [-0.4, -0.2) is 44.7 Å². The van der Waals surface area contributed by atoms with Gasteiger partial charge in [0.15, 0.2) is 5.96 Å². The maximum Gasteiger partial charge on any atom is 0.194 e. The van der Waals surface area contributed by atoms with Crippen molar-refractivity contribution in [2.24, 2.45) is 4.99 Å². The molecular formula is C17H23BrIN3O. The molecular weight excluding hydrogens is 469 g/mol. The number of aliphatic imine (C=N–C) groups is 1. The number of hydrogen-bond acceptors (Lipinski definition) is 2. The minimum atomic E-state index is 0. The highest BCUT2D eigenvalue weighted by molar-refractivity contribution is 14.0. The molecule has 0 aliphatic carbocycles. The minimum absolute atomic E-state index is 0. The Labute approximate surface area is 163 Å². The zero-order valence-corrected chi connectivity index (χ0v) is 17.4. The Hall–Kier alpha value is -1.02. The predicted octanol–water partition coefficient (Wildman–Crippen LogP) is 3.89. The van der Waals surface area contributed by atoms with Crippen LogP contribution in [0.15, 0.2) is 46.4 Å². The second-order valence-corrected chi connectivity index (χ2v) is 6.20. The predicted molar refractivity (Wildman–Crippen MR) is 112 cm³/mol. The molecule has 0 spiro atoms. The second-order valence-electron chi connectivity index (χ2n) is 5.08. The van der Waals surface area contributed by atoms with Crippen LogP contribution in [0.4, 0.5) is 0 Å². The van der Waals surface area contributed by atoms with Crippen LogP contribution in [0.25, 0.3) is 5.57 Å². The Morgan fingerprint density at radius 2 is 2.26 bits per heavy atom. The van der Waals surface area contributed by atoms with E-state index >= 15 is 0 Å². The standard InChI is InChI=1S/C17H22BrN3O.HI/c1-13(18)12-20-17(19-2)21-9-7-14(8-10-21)15-5-4-6-16(11-15)22-3;/h4-7,11H,1,8-10,12H2,2-3H3,(H,19,20);1H. The average molecular weight is 492 g/mol. The number of hydrogen-bond donors (Lipinski definition) is 1. The third-order valence-electron chi connectivity index (χ3n) is 3.60. The fourth-order valence-corrected chi connectivity index (χ4v) is 2.59. The van der Waals surface area contributed by atoms with Crippen molar-refractivity contribution in [1.29, 1.82) is 0 Å². The molecule has 2 rings (SSSR count). The summed E-state index contributed by atoms with van der Waals surface area (Å²) in [6, 6.07) is 8.22. The topological polar surface area (TPSA) is 36.9 Å². The molecule has 0 aromatic heterocycles. The van der Waals surface area contributed by atoms with Crippen molar-refractivity contribution in [1.82, 2.24) is 10.2 Å². The first-order valence-corrected chi connectivity index (χ1v) is 8.05. The van der Waals surface area contributed by atoms with Gasteiger partial charge in [-0.2, -0.15) is 0 Å². The summed E-state index contributed by atoms with van der Waals surface area (Å²) in [4.78, 5) is 6.56. The van der Waals surface area contributed by atoms with Crippen molar-refractivity contribution in [3.05, 3.63) is 47.0 Å². The molecule has 1 heterocycles. The third kappa shape index (κ3) is 5.84. The van der Waals surface area contributed by atoms with E-state index in [0.717, 1.165) is 35.7 Å². The number of ether oxygens (including phenoxy) is 1. The van der Waals surface area contributed by atoms with Gasteiger partial charge in [0.05, 0.1) is 7.11 Å². The first-order valence-electron chi connectivity index (χ1n) is 7.26. The molecule has 1 aromatic rings. The average Bonchev–Trinajstić information content (AvgIpc) is 2.56. The van der Waals surface area contributed by atoms with Gasteiger partial charge in [-0.15, -0.1) is 24.0 Å². The van der Waals surface area contributed by atoms with E-state index in [2.05, 4.69) is 55.9 Å². The summed E-state index contributed by atoms with van der Waals surface area (Å²) < 4.78 is 6.21. The van der Waals surface area contributed by atoms with Crippen LogP contribution in [0.1, 0.15) is 12.0 Å². The van der Waals surface area contributed by atoms with Crippen molar-refractivity contribution in [2.45, 2.75) is 6.42 Å². The highest BCUT2D eigenvalue weighted by atomic mass is 127. The lowest BCUT2D eigenvalue weighted by atomic mass is 9.99. The van der Waals surface area contributed by atoms with Gasteiger partial charge in [0, 0.05) is 31.2 Å². The summed E-state index contributed by atoms with van der Waals surface area (Å²) in [5.74, 6) is 1.80. The van der Waals surface area contributed by atoms with Crippen LogP contribution in [0.2, 0.25) is 0 Å². The van der Waals surface area contributed by atoms with Crippen LogP contribution in [-0.2, 0) is 0 Å². The van der Waals surface area contributed by atoms with Gasteiger partial charge in [0.2, 0.25) is 0 Å². The van der Waals surface area contributed by atoms with Gasteiger partial charge < -0.3 is 15.0 Å². The van der Waals surface area contributed by atoms with E-state index in [1.165, 1.54) is 11.1 Å². The summed E-state index contributed by atoms with van der Waals surface area (Å²) in [5, 5.41) is 3.29. The summed E-state index contributed by atoms with van der Waals surface area (Å²) in [5.41, 5.74) is 2.59. The van der Waals surface area contributed by atoms with Crippen molar-refractivity contribution in [2.75, 3.05) is 33.8 Å². The van der Waals surface area contributed by atoms with Crippen LogP contribution in [0, 0.1) is 0 Å². The van der Waals surface area contributed by atoms with E-state index in [-0.39, 0.29) is 24.0 Å².